The van der Waals surface area contributed by atoms with Crippen LogP contribution in [0.15, 0.2) is 11.1 Å². The summed E-state index contributed by atoms with van der Waals surface area (Å²) in [5.74, 6) is 0. The highest BCUT2D eigenvalue weighted by molar-refractivity contribution is 7.16. The second kappa shape index (κ2) is 2.20. The molecule has 2 heteroatoms. The molecule has 1 aromatic rings. The lowest BCUT2D eigenvalue weighted by Gasteiger charge is -2.00. The third kappa shape index (κ3) is 0.886. The van der Waals surface area contributed by atoms with Crippen LogP contribution in [0.5, 0.6) is 0 Å². The monoisotopic (exact) mass is 151 g/mol. The second-order valence-corrected chi connectivity index (χ2v) is 3.77. The first-order valence-corrected chi connectivity index (χ1v) is 4.30. The molecule has 2 heterocycles. The molecule has 0 unspecified atom stereocenters. The smallest absolute Gasteiger partial charge is 0.119 e. The van der Waals surface area contributed by atoms with Gasteiger partial charge < -0.3 is 0 Å². The van der Waals surface area contributed by atoms with Gasteiger partial charge in [-0.25, -0.2) is 0 Å². The van der Waals surface area contributed by atoms with Crippen molar-refractivity contribution >= 4 is 22.6 Å². The van der Waals surface area contributed by atoms with E-state index < -0.39 is 0 Å². The van der Waals surface area contributed by atoms with E-state index in [0.29, 0.717) is 0 Å². The van der Waals surface area contributed by atoms with Crippen molar-refractivity contribution in [3.05, 3.63) is 16.5 Å². The quantitative estimate of drug-likeness (QED) is 0.540. The topological polar surface area (TPSA) is 12.4 Å². The summed E-state index contributed by atoms with van der Waals surface area (Å²) in [6.07, 6.45) is 4.31. The van der Waals surface area contributed by atoms with Gasteiger partial charge >= 0.3 is 0 Å². The molecule has 2 rings (SSSR count). The van der Waals surface area contributed by atoms with E-state index in [0.717, 1.165) is 6.42 Å². The Kier molecular flexibility index (Phi) is 1.34. The molecule has 1 aliphatic heterocycles. The highest BCUT2D eigenvalue weighted by Gasteiger charge is 2.07. The SMILES string of the molecule is Cc1cc2c(s1)N=CCC2. The summed E-state index contributed by atoms with van der Waals surface area (Å²) in [6.45, 7) is 2.14. The molecule has 1 nitrogen and oxygen atoms in total. The number of hydrogen-bond acceptors (Lipinski definition) is 2. The average Bonchev–Trinajstić information content (AvgIpc) is 2.27. The van der Waals surface area contributed by atoms with Gasteiger partial charge in [0.25, 0.3) is 0 Å². The zero-order chi connectivity index (χ0) is 6.97. The molecule has 0 spiro atoms. The van der Waals surface area contributed by atoms with Crippen molar-refractivity contribution in [1.82, 2.24) is 0 Å². The van der Waals surface area contributed by atoms with Gasteiger partial charge in [-0.3, -0.25) is 4.99 Å². The minimum Gasteiger partial charge on any atom is -0.250 e. The van der Waals surface area contributed by atoms with E-state index in [-0.39, 0.29) is 0 Å². The summed E-state index contributed by atoms with van der Waals surface area (Å²) in [5, 5.41) is 1.23. The highest BCUT2D eigenvalue weighted by Crippen LogP contribution is 2.32. The van der Waals surface area contributed by atoms with E-state index in [9.17, 15) is 0 Å². The van der Waals surface area contributed by atoms with Crippen LogP contribution in [-0.4, -0.2) is 6.21 Å². The first kappa shape index (κ1) is 6.10. The number of aryl methyl sites for hydroxylation is 2. The number of nitrogens with zero attached hydrogens (tertiary/aromatic N) is 1. The Morgan fingerprint density at radius 3 is 3.30 bits per heavy atom. The maximum absolute atomic E-state index is 4.31. The predicted octanol–water partition coefficient (Wildman–Crippen LogP) is 2.71. The Morgan fingerprint density at radius 2 is 2.50 bits per heavy atom. The van der Waals surface area contributed by atoms with Gasteiger partial charge in [-0.05, 0) is 31.4 Å². The summed E-state index contributed by atoms with van der Waals surface area (Å²) >= 11 is 1.79. The van der Waals surface area contributed by atoms with Crippen LogP contribution in [0.2, 0.25) is 0 Å². The van der Waals surface area contributed by atoms with E-state index in [1.807, 2.05) is 6.21 Å². The van der Waals surface area contributed by atoms with Gasteiger partial charge in [0.05, 0.1) is 0 Å². The predicted molar refractivity (Wildman–Crippen MR) is 45.5 cm³/mol. The standard InChI is InChI=1S/C8H9NS/c1-6-5-7-3-2-4-9-8(7)10-6/h4-5H,2-3H2,1H3. The van der Waals surface area contributed by atoms with Crippen LogP contribution in [-0.2, 0) is 6.42 Å². The molecule has 0 saturated heterocycles. The Morgan fingerprint density at radius 1 is 1.60 bits per heavy atom. The van der Waals surface area contributed by atoms with Gasteiger partial charge in [-0.15, -0.1) is 11.3 Å². The van der Waals surface area contributed by atoms with E-state index >= 15 is 0 Å². The molecule has 0 amide bonds. The van der Waals surface area contributed by atoms with Gasteiger partial charge in [0.1, 0.15) is 5.00 Å². The molecular formula is C8H9NS. The maximum Gasteiger partial charge on any atom is 0.119 e. The Labute approximate surface area is 64.4 Å². The molecule has 0 N–H and O–H groups in total. The van der Waals surface area contributed by atoms with E-state index in [4.69, 9.17) is 0 Å². The minimum atomic E-state index is 1.11. The second-order valence-electron chi connectivity index (χ2n) is 2.54. The first-order chi connectivity index (χ1) is 4.86. The normalized spacial score (nSPS) is 15.3. The molecule has 0 saturated carbocycles. The largest absolute Gasteiger partial charge is 0.250 e. The molecule has 10 heavy (non-hydrogen) atoms. The third-order valence-electron chi connectivity index (χ3n) is 1.66. The van der Waals surface area contributed by atoms with Crippen molar-refractivity contribution in [3.8, 4) is 0 Å². The van der Waals surface area contributed by atoms with Crippen molar-refractivity contribution in [3.63, 3.8) is 0 Å². The first-order valence-electron chi connectivity index (χ1n) is 3.48. The fraction of sp³-hybridized carbons (Fsp3) is 0.375. The molecule has 0 atom stereocenters. The minimum absolute atomic E-state index is 1.11. The number of thiophene rings is 1. The number of rotatable bonds is 0. The lowest BCUT2D eigenvalue weighted by Crippen LogP contribution is -1.88. The molecule has 0 radical (unpaired) electrons. The van der Waals surface area contributed by atoms with Gasteiger partial charge in [0.15, 0.2) is 0 Å². The summed E-state index contributed by atoms with van der Waals surface area (Å²) in [6, 6.07) is 2.25. The van der Waals surface area contributed by atoms with Crippen molar-refractivity contribution < 1.29 is 0 Å². The van der Waals surface area contributed by atoms with Crippen LogP contribution in [0.3, 0.4) is 0 Å². The number of hydrogen-bond donors (Lipinski definition) is 0. The fourth-order valence-electron chi connectivity index (χ4n) is 1.21. The highest BCUT2D eigenvalue weighted by atomic mass is 32.1. The molecule has 52 valence electrons. The van der Waals surface area contributed by atoms with Gasteiger partial charge in [0, 0.05) is 11.1 Å². The van der Waals surface area contributed by atoms with Crippen molar-refractivity contribution in [2.24, 2.45) is 4.99 Å². The number of fused-ring (bicyclic) bond motifs is 1. The van der Waals surface area contributed by atoms with E-state index in [1.54, 1.807) is 11.3 Å². The zero-order valence-corrected chi connectivity index (χ0v) is 6.74. The number of aliphatic imine (C=N–C) groups is 1. The molecular weight excluding hydrogens is 142 g/mol. The maximum atomic E-state index is 4.31. The molecule has 1 aliphatic rings. The van der Waals surface area contributed by atoms with Crippen molar-refractivity contribution in [2.45, 2.75) is 19.8 Å². The van der Waals surface area contributed by atoms with Crippen LogP contribution >= 0.6 is 11.3 Å². The molecule has 0 aliphatic carbocycles. The summed E-state index contributed by atoms with van der Waals surface area (Å²) < 4.78 is 0. The van der Waals surface area contributed by atoms with E-state index in [2.05, 4.69) is 18.0 Å². The zero-order valence-electron chi connectivity index (χ0n) is 5.92. The Bertz CT molecular complexity index is 273. The molecule has 0 fully saturated rings. The lowest BCUT2D eigenvalue weighted by atomic mass is 10.1. The summed E-state index contributed by atoms with van der Waals surface area (Å²) in [7, 11) is 0. The van der Waals surface area contributed by atoms with Crippen LogP contribution in [0.25, 0.3) is 0 Å². The third-order valence-corrected chi connectivity index (χ3v) is 2.66. The van der Waals surface area contributed by atoms with Crippen LogP contribution < -0.4 is 0 Å². The lowest BCUT2D eigenvalue weighted by molar-refractivity contribution is 1.04. The van der Waals surface area contributed by atoms with E-state index in [1.165, 1.54) is 21.9 Å². The molecule has 1 aromatic heterocycles. The summed E-state index contributed by atoms with van der Waals surface area (Å²) in [5.41, 5.74) is 1.44. The van der Waals surface area contributed by atoms with Crippen LogP contribution in [0, 0.1) is 6.92 Å². The van der Waals surface area contributed by atoms with Crippen molar-refractivity contribution in [2.75, 3.05) is 0 Å². The average molecular weight is 151 g/mol. The van der Waals surface area contributed by atoms with Crippen LogP contribution in [0.1, 0.15) is 16.9 Å². The van der Waals surface area contributed by atoms with Crippen molar-refractivity contribution in [1.29, 1.82) is 0 Å². The molecule has 0 aromatic carbocycles. The van der Waals surface area contributed by atoms with Gasteiger partial charge in [-0.2, -0.15) is 0 Å². The van der Waals surface area contributed by atoms with Crippen LogP contribution in [0.4, 0.5) is 5.00 Å². The fourth-order valence-corrected chi connectivity index (χ4v) is 2.14. The van der Waals surface area contributed by atoms with Gasteiger partial charge in [-0.1, -0.05) is 0 Å². The Balaban J connectivity index is 2.53. The summed E-state index contributed by atoms with van der Waals surface area (Å²) in [4.78, 5) is 5.69. The molecule has 0 bridgehead atoms. The van der Waals surface area contributed by atoms with Gasteiger partial charge in [0.2, 0.25) is 0 Å². The Hall–Kier alpha value is -0.630.